The first-order valence-corrected chi connectivity index (χ1v) is 11.2. The number of carbonyl (C=O) groups excluding carboxylic acids is 1. The molecule has 0 atom stereocenters. The average Bonchev–Trinajstić information content (AvgIpc) is 3.32. The van der Waals surface area contributed by atoms with Gasteiger partial charge in [0.05, 0.1) is 33.6 Å². The lowest BCUT2D eigenvalue weighted by Gasteiger charge is -2.30. The zero-order chi connectivity index (χ0) is 24.1. The van der Waals surface area contributed by atoms with Gasteiger partial charge in [0.15, 0.2) is 11.5 Å². The van der Waals surface area contributed by atoms with E-state index in [-0.39, 0.29) is 11.8 Å². The van der Waals surface area contributed by atoms with Gasteiger partial charge in [0.2, 0.25) is 17.6 Å². The molecule has 1 saturated heterocycles. The highest BCUT2D eigenvalue weighted by atomic mass is 16.5. The Labute approximate surface area is 199 Å². The fourth-order valence-electron chi connectivity index (χ4n) is 4.11. The molecule has 3 aromatic rings. The maximum atomic E-state index is 12.8. The van der Waals surface area contributed by atoms with Gasteiger partial charge >= 0.3 is 0 Å². The number of methoxy groups -OCH3 is 3. The molecule has 0 saturated carbocycles. The number of nitrogens with one attached hydrogen (secondary N) is 1. The predicted molar refractivity (Wildman–Crippen MR) is 127 cm³/mol. The lowest BCUT2D eigenvalue weighted by molar-refractivity contribution is -0.121. The molecule has 9 nitrogen and oxygen atoms in total. The maximum Gasteiger partial charge on any atom is 0.241 e. The molecular weight excluding hydrogens is 436 g/mol. The fraction of sp³-hybridized carbons (Fsp3) is 0.400. The number of rotatable bonds is 8. The van der Waals surface area contributed by atoms with E-state index in [1.165, 1.54) is 0 Å². The minimum absolute atomic E-state index is 0.0251. The SMILES string of the molecule is COc1ccc(C)cc1NC(=O)C1CCN(Cc2nc(-c3ccc(OC)c(OC)c3)no2)CC1. The molecule has 1 N–H and O–H groups in total. The van der Waals surface area contributed by atoms with Crippen molar-refractivity contribution in [1.29, 1.82) is 0 Å². The summed E-state index contributed by atoms with van der Waals surface area (Å²) in [6, 6.07) is 11.3. The maximum absolute atomic E-state index is 12.8. The monoisotopic (exact) mass is 466 g/mol. The number of aryl methyl sites for hydroxylation is 1. The molecule has 0 unspecified atom stereocenters. The Morgan fingerprint density at radius 1 is 1.03 bits per heavy atom. The third-order valence-electron chi connectivity index (χ3n) is 6.04. The molecular formula is C25H30N4O5. The van der Waals surface area contributed by atoms with Crippen LogP contribution in [0.1, 0.15) is 24.3 Å². The van der Waals surface area contributed by atoms with E-state index in [0.29, 0.717) is 41.2 Å². The van der Waals surface area contributed by atoms with Crippen molar-refractivity contribution >= 4 is 11.6 Å². The van der Waals surface area contributed by atoms with E-state index < -0.39 is 0 Å². The average molecular weight is 467 g/mol. The quantitative estimate of drug-likeness (QED) is 0.533. The molecule has 180 valence electrons. The Morgan fingerprint density at radius 2 is 1.74 bits per heavy atom. The first-order chi connectivity index (χ1) is 16.5. The van der Waals surface area contributed by atoms with Gasteiger partial charge in [0.25, 0.3) is 0 Å². The Bertz CT molecular complexity index is 1140. The van der Waals surface area contributed by atoms with Crippen molar-refractivity contribution in [2.45, 2.75) is 26.3 Å². The Kier molecular flexibility index (Phi) is 7.32. The number of ether oxygens (including phenoxy) is 3. The second kappa shape index (κ2) is 10.6. The summed E-state index contributed by atoms with van der Waals surface area (Å²) in [5, 5.41) is 7.14. The Hall–Kier alpha value is -3.59. The first-order valence-electron chi connectivity index (χ1n) is 11.2. The van der Waals surface area contributed by atoms with Crippen molar-refractivity contribution in [3.63, 3.8) is 0 Å². The summed E-state index contributed by atoms with van der Waals surface area (Å²) >= 11 is 0. The molecule has 4 rings (SSSR count). The fourth-order valence-corrected chi connectivity index (χ4v) is 4.11. The molecule has 1 aromatic heterocycles. The van der Waals surface area contributed by atoms with E-state index in [9.17, 15) is 4.79 Å². The van der Waals surface area contributed by atoms with Crippen molar-refractivity contribution in [1.82, 2.24) is 15.0 Å². The van der Waals surface area contributed by atoms with Crippen LogP contribution in [0.5, 0.6) is 17.2 Å². The number of hydrogen-bond acceptors (Lipinski definition) is 8. The highest BCUT2D eigenvalue weighted by Gasteiger charge is 2.26. The van der Waals surface area contributed by atoms with Crippen molar-refractivity contribution in [2.24, 2.45) is 5.92 Å². The van der Waals surface area contributed by atoms with Crippen molar-refractivity contribution < 1.29 is 23.5 Å². The number of hydrogen-bond donors (Lipinski definition) is 1. The lowest BCUT2D eigenvalue weighted by atomic mass is 9.95. The molecule has 0 bridgehead atoms. The molecule has 9 heteroatoms. The van der Waals surface area contributed by atoms with Gasteiger partial charge < -0.3 is 24.1 Å². The van der Waals surface area contributed by atoms with E-state index in [0.717, 1.165) is 37.1 Å². The number of anilines is 1. The number of amides is 1. The van der Waals surface area contributed by atoms with Gasteiger partial charge in [-0.15, -0.1) is 0 Å². The van der Waals surface area contributed by atoms with Crippen LogP contribution in [-0.4, -0.2) is 55.4 Å². The number of aromatic nitrogens is 2. The topological polar surface area (TPSA) is 99.0 Å². The number of benzene rings is 2. The van der Waals surface area contributed by atoms with Crippen LogP contribution in [0.4, 0.5) is 5.69 Å². The molecule has 0 aliphatic carbocycles. The second-order valence-electron chi connectivity index (χ2n) is 8.32. The summed E-state index contributed by atoms with van der Waals surface area (Å²) in [6.45, 7) is 4.08. The molecule has 1 aliphatic rings. The zero-order valence-electron chi connectivity index (χ0n) is 20.0. The van der Waals surface area contributed by atoms with Crippen molar-refractivity contribution in [2.75, 3.05) is 39.7 Å². The largest absolute Gasteiger partial charge is 0.495 e. The molecule has 2 heterocycles. The molecule has 0 radical (unpaired) electrons. The zero-order valence-corrected chi connectivity index (χ0v) is 20.0. The third kappa shape index (κ3) is 5.31. The summed E-state index contributed by atoms with van der Waals surface area (Å²) in [5.41, 5.74) is 2.57. The Morgan fingerprint density at radius 3 is 2.44 bits per heavy atom. The highest BCUT2D eigenvalue weighted by molar-refractivity contribution is 5.94. The van der Waals surface area contributed by atoms with Crippen LogP contribution in [0, 0.1) is 12.8 Å². The molecule has 34 heavy (non-hydrogen) atoms. The molecule has 0 spiro atoms. The summed E-state index contributed by atoms with van der Waals surface area (Å²) < 4.78 is 21.5. The molecule has 1 fully saturated rings. The number of piperidine rings is 1. The van der Waals surface area contributed by atoms with E-state index >= 15 is 0 Å². The van der Waals surface area contributed by atoms with Crippen LogP contribution in [0.3, 0.4) is 0 Å². The minimum Gasteiger partial charge on any atom is -0.495 e. The van der Waals surface area contributed by atoms with Gasteiger partial charge in [0, 0.05) is 11.5 Å². The van der Waals surface area contributed by atoms with E-state index in [2.05, 4.69) is 20.4 Å². The van der Waals surface area contributed by atoms with Crippen LogP contribution in [0.25, 0.3) is 11.4 Å². The van der Waals surface area contributed by atoms with Gasteiger partial charge in [-0.1, -0.05) is 11.2 Å². The Balaban J connectivity index is 1.32. The van der Waals surface area contributed by atoms with Gasteiger partial charge in [-0.05, 0) is 68.8 Å². The molecule has 2 aromatic carbocycles. The standard InChI is InChI=1S/C25H30N4O5/c1-16-5-7-20(31-2)19(13-16)26-25(30)17-9-11-29(12-10-17)15-23-27-24(28-34-23)18-6-8-21(32-3)22(14-18)33-4/h5-8,13-14,17H,9-12,15H2,1-4H3,(H,26,30). The van der Waals surface area contributed by atoms with E-state index in [1.807, 2.05) is 43.3 Å². The number of carbonyl (C=O) groups is 1. The predicted octanol–water partition coefficient (Wildman–Crippen LogP) is 3.92. The first kappa shape index (κ1) is 23.6. The van der Waals surface area contributed by atoms with Gasteiger partial charge in [-0.3, -0.25) is 9.69 Å². The lowest BCUT2D eigenvalue weighted by Crippen LogP contribution is -2.37. The highest BCUT2D eigenvalue weighted by Crippen LogP contribution is 2.31. The smallest absolute Gasteiger partial charge is 0.241 e. The summed E-state index contributed by atoms with van der Waals surface area (Å²) in [7, 11) is 4.79. The van der Waals surface area contributed by atoms with Gasteiger partial charge in [-0.2, -0.15) is 4.98 Å². The van der Waals surface area contributed by atoms with Crippen LogP contribution in [0.15, 0.2) is 40.9 Å². The minimum atomic E-state index is -0.0496. The van der Waals surface area contributed by atoms with Crippen molar-refractivity contribution in [3.8, 4) is 28.6 Å². The van der Waals surface area contributed by atoms with Crippen LogP contribution in [0.2, 0.25) is 0 Å². The number of nitrogens with zero attached hydrogens (tertiary/aromatic N) is 3. The van der Waals surface area contributed by atoms with Gasteiger partial charge in [-0.25, -0.2) is 0 Å². The van der Waals surface area contributed by atoms with E-state index in [1.54, 1.807) is 21.3 Å². The summed E-state index contributed by atoms with van der Waals surface area (Å²) in [5.74, 6) is 2.92. The third-order valence-corrected chi connectivity index (χ3v) is 6.04. The second-order valence-corrected chi connectivity index (χ2v) is 8.32. The molecule has 1 aliphatic heterocycles. The van der Waals surface area contributed by atoms with Crippen molar-refractivity contribution in [3.05, 3.63) is 47.9 Å². The van der Waals surface area contributed by atoms with Crippen LogP contribution < -0.4 is 19.5 Å². The summed E-state index contributed by atoms with van der Waals surface area (Å²) in [4.78, 5) is 19.6. The summed E-state index contributed by atoms with van der Waals surface area (Å²) in [6.07, 6.45) is 1.52. The van der Waals surface area contributed by atoms with Crippen LogP contribution >= 0.6 is 0 Å². The van der Waals surface area contributed by atoms with E-state index in [4.69, 9.17) is 18.7 Å². The molecule has 1 amide bonds. The van der Waals surface area contributed by atoms with Gasteiger partial charge in [0.1, 0.15) is 5.75 Å². The number of likely N-dealkylation sites (tertiary alicyclic amines) is 1. The normalized spacial score (nSPS) is 14.6. The van der Waals surface area contributed by atoms with Crippen LogP contribution in [-0.2, 0) is 11.3 Å².